The third kappa shape index (κ3) is 4.21. The lowest BCUT2D eigenvalue weighted by Crippen LogP contribution is -2.19. The van der Waals surface area contributed by atoms with E-state index in [0.717, 1.165) is 0 Å². The number of rotatable bonds is 7. The first kappa shape index (κ1) is 14.2. The minimum atomic E-state index is -1.05. The summed E-state index contributed by atoms with van der Waals surface area (Å²) in [5.74, 6) is 0.469. The molecule has 18 heavy (non-hydrogen) atoms. The topological polar surface area (TPSA) is 111 Å². The summed E-state index contributed by atoms with van der Waals surface area (Å²) >= 11 is 0. The van der Waals surface area contributed by atoms with Crippen molar-refractivity contribution in [1.29, 1.82) is 0 Å². The molecule has 0 radical (unpaired) electrons. The Morgan fingerprint density at radius 2 is 2.28 bits per heavy atom. The third-order valence-corrected chi connectivity index (χ3v) is 2.35. The van der Waals surface area contributed by atoms with Crippen LogP contribution >= 0.6 is 0 Å². The van der Waals surface area contributed by atoms with Crippen molar-refractivity contribution in [2.75, 3.05) is 13.2 Å². The lowest BCUT2D eigenvalue weighted by atomic mass is 10.0. The van der Waals surface area contributed by atoms with Crippen molar-refractivity contribution in [3.8, 4) is 5.88 Å². The number of aliphatic hydroxyl groups excluding tert-OH is 2. The first-order valence-electron chi connectivity index (χ1n) is 5.64. The van der Waals surface area contributed by atoms with Crippen molar-refractivity contribution >= 4 is 0 Å². The van der Waals surface area contributed by atoms with Gasteiger partial charge in [-0.25, -0.2) is 4.98 Å². The van der Waals surface area contributed by atoms with Crippen molar-refractivity contribution in [2.45, 2.75) is 25.6 Å². The zero-order chi connectivity index (χ0) is 13.4. The molecular formula is C11H16N4O3. The number of ether oxygens (including phenoxy) is 1. The molecule has 2 unspecified atom stereocenters. The Labute approximate surface area is 105 Å². The van der Waals surface area contributed by atoms with Gasteiger partial charge < -0.3 is 14.9 Å². The molecule has 0 saturated heterocycles. The predicted octanol–water partition coefficient (Wildman–Crippen LogP) is 1.57. The van der Waals surface area contributed by atoms with Gasteiger partial charge in [0, 0.05) is 29.3 Å². The molecule has 1 rings (SSSR count). The van der Waals surface area contributed by atoms with Crippen molar-refractivity contribution in [3.63, 3.8) is 0 Å². The van der Waals surface area contributed by atoms with Gasteiger partial charge in [0.05, 0.1) is 12.7 Å². The van der Waals surface area contributed by atoms with E-state index in [1.165, 1.54) is 6.20 Å². The van der Waals surface area contributed by atoms with E-state index in [1.54, 1.807) is 12.1 Å². The van der Waals surface area contributed by atoms with Gasteiger partial charge in [-0.2, -0.15) is 0 Å². The number of pyridine rings is 1. The fraction of sp³-hybridized carbons (Fsp3) is 0.545. The van der Waals surface area contributed by atoms with E-state index in [0.29, 0.717) is 18.1 Å². The summed E-state index contributed by atoms with van der Waals surface area (Å²) < 4.78 is 5.17. The minimum Gasteiger partial charge on any atom is -0.478 e. The van der Waals surface area contributed by atoms with Gasteiger partial charge in [0.2, 0.25) is 5.88 Å². The number of azide groups is 1. The Morgan fingerprint density at radius 3 is 2.83 bits per heavy atom. The van der Waals surface area contributed by atoms with Gasteiger partial charge >= 0.3 is 0 Å². The Morgan fingerprint density at radius 1 is 1.50 bits per heavy atom. The zero-order valence-electron chi connectivity index (χ0n) is 10.1. The van der Waals surface area contributed by atoms with Gasteiger partial charge in [0.25, 0.3) is 0 Å². The van der Waals surface area contributed by atoms with E-state index >= 15 is 0 Å². The van der Waals surface area contributed by atoms with Crippen molar-refractivity contribution < 1.29 is 14.9 Å². The van der Waals surface area contributed by atoms with Crippen LogP contribution in [0.15, 0.2) is 23.4 Å². The first-order chi connectivity index (χ1) is 8.69. The van der Waals surface area contributed by atoms with Crippen molar-refractivity contribution in [1.82, 2.24) is 4.98 Å². The van der Waals surface area contributed by atoms with Crippen LogP contribution in [0.1, 0.15) is 25.0 Å². The van der Waals surface area contributed by atoms with Crippen LogP contribution in [0.4, 0.5) is 0 Å². The van der Waals surface area contributed by atoms with Crippen LogP contribution in [0.2, 0.25) is 0 Å². The Hall–Kier alpha value is -1.82. The van der Waals surface area contributed by atoms with Gasteiger partial charge in [-0.05, 0) is 24.9 Å². The van der Waals surface area contributed by atoms with Crippen LogP contribution in [0.5, 0.6) is 5.88 Å². The molecule has 7 nitrogen and oxygen atoms in total. The molecule has 0 aliphatic heterocycles. The highest BCUT2D eigenvalue weighted by Gasteiger charge is 2.18. The summed E-state index contributed by atoms with van der Waals surface area (Å²) in [6.45, 7) is 2.51. The first-order valence-corrected chi connectivity index (χ1v) is 5.64. The molecule has 1 aromatic rings. The number of hydrogen-bond donors (Lipinski definition) is 2. The van der Waals surface area contributed by atoms with Gasteiger partial charge in [-0.15, -0.1) is 0 Å². The van der Waals surface area contributed by atoms with E-state index in [9.17, 15) is 10.2 Å². The van der Waals surface area contributed by atoms with Crippen LogP contribution in [-0.2, 0) is 0 Å². The molecule has 0 aliphatic carbocycles. The second-order valence-electron chi connectivity index (χ2n) is 3.62. The molecule has 0 saturated carbocycles. The molecule has 2 atom stereocenters. The van der Waals surface area contributed by atoms with E-state index in [4.69, 9.17) is 10.3 Å². The number of aliphatic hydroxyl groups is 2. The van der Waals surface area contributed by atoms with Gasteiger partial charge in [-0.3, -0.25) is 0 Å². The SMILES string of the molecule is CCOc1ccc(C(O)C(O)CCN=[N+]=[N-])cn1. The maximum absolute atomic E-state index is 9.84. The quantitative estimate of drug-likeness (QED) is 0.435. The molecule has 0 amide bonds. The molecule has 0 spiro atoms. The van der Waals surface area contributed by atoms with Gasteiger partial charge in [-0.1, -0.05) is 5.11 Å². The normalized spacial score (nSPS) is 13.5. The Balaban J connectivity index is 2.59. The van der Waals surface area contributed by atoms with Crippen molar-refractivity contribution in [2.24, 2.45) is 5.11 Å². The second-order valence-corrected chi connectivity index (χ2v) is 3.62. The highest BCUT2D eigenvalue weighted by Crippen LogP contribution is 2.20. The van der Waals surface area contributed by atoms with Crippen LogP contribution < -0.4 is 4.74 Å². The highest BCUT2D eigenvalue weighted by molar-refractivity contribution is 5.20. The molecular weight excluding hydrogens is 236 g/mol. The molecule has 7 heteroatoms. The lowest BCUT2D eigenvalue weighted by Gasteiger charge is -2.17. The molecule has 0 aliphatic rings. The number of nitrogens with zero attached hydrogens (tertiary/aromatic N) is 4. The number of hydrogen-bond acceptors (Lipinski definition) is 5. The largest absolute Gasteiger partial charge is 0.478 e. The van der Waals surface area contributed by atoms with Crippen LogP contribution in [-0.4, -0.2) is 34.5 Å². The fourth-order valence-electron chi connectivity index (χ4n) is 1.41. The lowest BCUT2D eigenvalue weighted by molar-refractivity contribution is 0.0148. The maximum Gasteiger partial charge on any atom is 0.213 e. The summed E-state index contributed by atoms with van der Waals surface area (Å²) in [7, 11) is 0. The molecule has 1 heterocycles. The minimum absolute atomic E-state index is 0.138. The molecule has 0 aromatic carbocycles. The van der Waals surface area contributed by atoms with Crippen LogP contribution in [0.3, 0.4) is 0 Å². The molecule has 0 bridgehead atoms. The third-order valence-electron chi connectivity index (χ3n) is 2.35. The van der Waals surface area contributed by atoms with Gasteiger partial charge in [0.1, 0.15) is 6.10 Å². The summed E-state index contributed by atoms with van der Waals surface area (Å²) in [5.41, 5.74) is 8.60. The summed E-state index contributed by atoms with van der Waals surface area (Å²) in [6, 6.07) is 3.27. The Bertz CT molecular complexity index is 403. The van der Waals surface area contributed by atoms with Gasteiger partial charge in [0.15, 0.2) is 0 Å². The average Bonchev–Trinajstić information content (AvgIpc) is 2.39. The summed E-state index contributed by atoms with van der Waals surface area (Å²) in [6.07, 6.45) is -0.400. The molecule has 98 valence electrons. The maximum atomic E-state index is 9.84. The Kier molecular flexibility index (Phi) is 5.93. The summed E-state index contributed by atoms with van der Waals surface area (Å²) in [4.78, 5) is 6.57. The second kappa shape index (κ2) is 7.50. The smallest absolute Gasteiger partial charge is 0.213 e. The predicted molar refractivity (Wildman–Crippen MR) is 65.0 cm³/mol. The molecule has 0 fully saturated rings. The zero-order valence-corrected chi connectivity index (χ0v) is 10.1. The summed E-state index contributed by atoms with van der Waals surface area (Å²) in [5, 5.41) is 22.8. The van der Waals surface area contributed by atoms with E-state index < -0.39 is 12.2 Å². The molecule has 2 N–H and O–H groups in total. The monoisotopic (exact) mass is 252 g/mol. The highest BCUT2D eigenvalue weighted by atomic mass is 16.5. The fourth-order valence-corrected chi connectivity index (χ4v) is 1.41. The number of aromatic nitrogens is 1. The van der Waals surface area contributed by atoms with E-state index in [-0.39, 0.29) is 13.0 Å². The standard InChI is InChI=1S/C11H16N4O3/c1-2-18-10-4-3-8(7-13-10)11(17)9(16)5-6-14-15-12/h3-4,7,9,11,16-17H,2,5-6H2,1H3. The average molecular weight is 252 g/mol. The van der Waals surface area contributed by atoms with Crippen LogP contribution in [0, 0.1) is 0 Å². The van der Waals surface area contributed by atoms with Crippen LogP contribution in [0.25, 0.3) is 10.4 Å². The van der Waals surface area contributed by atoms with E-state index in [2.05, 4.69) is 15.0 Å². The van der Waals surface area contributed by atoms with Crippen molar-refractivity contribution in [3.05, 3.63) is 34.3 Å². The molecule has 1 aromatic heterocycles. The van der Waals surface area contributed by atoms with E-state index in [1.807, 2.05) is 6.92 Å².